The summed E-state index contributed by atoms with van der Waals surface area (Å²) in [6.07, 6.45) is 0.955. The molecule has 1 spiro atoms. The number of halogens is 4. The van der Waals surface area contributed by atoms with Crippen LogP contribution < -0.4 is 15.1 Å². The molecule has 0 unspecified atom stereocenters. The number of nitrogens with one attached hydrogen (secondary N) is 1. The molecular formula is C27H20F4N6O2S. The summed E-state index contributed by atoms with van der Waals surface area (Å²) >= 11 is 5.53. The number of amides is 2. The van der Waals surface area contributed by atoms with Crippen LogP contribution in [0, 0.1) is 17.1 Å². The number of anilines is 2. The number of nitriles is 1. The lowest BCUT2D eigenvalue weighted by Gasteiger charge is -2.43. The number of thiocarbonyl (C=S) groups is 1. The van der Waals surface area contributed by atoms with Gasteiger partial charge in [0.15, 0.2) is 16.6 Å². The van der Waals surface area contributed by atoms with Gasteiger partial charge in [-0.25, -0.2) is 9.37 Å². The molecule has 5 rings (SSSR count). The molecule has 2 fully saturated rings. The topological polar surface area (TPSA) is 102 Å². The molecular weight excluding hydrogens is 548 g/mol. The van der Waals surface area contributed by atoms with Gasteiger partial charge in [0.1, 0.15) is 11.6 Å². The molecule has 3 heterocycles. The minimum atomic E-state index is -4.91. The molecule has 1 aliphatic carbocycles. The lowest BCUT2D eigenvalue weighted by atomic mass is 9.75. The summed E-state index contributed by atoms with van der Waals surface area (Å²) in [5.74, 6) is -2.22. The number of pyridine rings is 2. The Morgan fingerprint density at radius 3 is 2.55 bits per heavy atom. The first kappa shape index (κ1) is 27.1. The standard InChI is InChI=1S/C27H20F4N6O2S/c28-22-18(23(38)34-12-7-16-5-10-33-11-6-16)3-1-4-21(22)37-25(40)36(24(39)26(37)8-2-9-26)17-13-19(27(29,30)31)20(14-32)35-15-17/h1,3-6,10-11,13,15H,2,7-9,12H2,(H,34,38). The van der Waals surface area contributed by atoms with Gasteiger partial charge < -0.3 is 10.2 Å². The number of alkyl halides is 3. The molecule has 1 aliphatic heterocycles. The quantitative estimate of drug-likeness (QED) is 0.344. The summed E-state index contributed by atoms with van der Waals surface area (Å²) in [4.78, 5) is 36.2. The normalized spacial score (nSPS) is 16.2. The first-order chi connectivity index (χ1) is 19.1. The molecule has 3 aromatic rings. The summed E-state index contributed by atoms with van der Waals surface area (Å²) in [6, 6.07) is 9.73. The number of aromatic nitrogens is 2. The van der Waals surface area contributed by atoms with Crippen molar-refractivity contribution in [2.24, 2.45) is 0 Å². The fourth-order valence-electron chi connectivity index (χ4n) is 4.90. The van der Waals surface area contributed by atoms with E-state index in [4.69, 9.17) is 17.5 Å². The predicted molar refractivity (Wildman–Crippen MR) is 140 cm³/mol. The largest absolute Gasteiger partial charge is 0.419 e. The van der Waals surface area contributed by atoms with Gasteiger partial charge in [0, 0.05) is 18.9 Å². The molecule has 8 nitrogen and oxygen atoms in total. The van der Waals surface area contributed by atoms with Gasteiger partial charge in [0.05, 0.1) is 28.7 Å². The summed E-state index contributed by atoms with van der Waals surface area (Å²) in [5.41, 5.74) is -3.25. The molecule has 1 saturated carbocycles. The minimum absolute atomic E-state index is 0.139. The molecule has 2 aromatic heterocycles. The van der Waals surface area contributed by atoms with Crippen LogP contribution in [0.3, 0.4) is 0 Å². The van der Waals surface area contributed by atoms with Crippen LogP contribution in [0.15, 0.2) is 55.0 Å². The monoisotopic (exact) mass is 568 g/mol. The van der Waals surface area contributed by atoms with Crippen LogP contribution in [0.1, 0.15) is 46.4 Å². The average molecular weight is 569 g/mol. The van der Waals surface area contributed by atoms with Crippen LogP contribution in [0.2, 0.25) is 0 Å². The summed E-state index contributed by atoms with van der Waals surface area (Å²) in [7, 11) is 0. The van der Waals surface area contributed by atoms with Gasteiger partial charge in [-0.15, -0.1) is 0 Å². The Bertz CT molecular complexity index is 1550. The van der Waals surface area contributed by atoms with Crippen molar-refractivity contribution >= 4 is 40.5 Å². The van der Waals surface area contributed by atoms with Crippen molar-refractivity contribution in [1.29, 1.82) is 5.26 Å². The smallest absolute Gasteiger partial charge is 0.352 e. The Morgan fingerprint density at radius 2 is 1.93 bits per heavy atom. The van der Waals surface area contributed by atoms with Crippen LogP contribution in [0.5, 0.6) is 0 Å². The number of rotatable bonds is 6. The van der Waals surface area contributed by atoms with Crippen molar-refractivity contribution < 1.29 is 27.2 Å². The molecule has 40 heavy (non-hydrogen) atoms. The highest BCUT2D eigenvalue weighted by atomic mass is 32.1. The number of hydrogen-bond acceptors (Lipinski definition) is 6. The number of benzene rings is 1. The van der Waals surface area contributed by atoms with E-state index in [1.807, 2.05) is 0 Å². The van der Waals surface area contributed by atoms with Crippen LogP contribution in [-0.2, 0) is 17.4 Å². The van der Waals surface area contributed by atoms with Crippen molar-refractivity contribution in [1.82, 2.24) is 15.3 Å². The van der Waals surface area contributed by atoms with Crippen LogP contribution in [0.25, 0.3) is 0 Å². The maximum Gasteiger partial charge on any atom is 0.419 e. The van der Waals surface area contributed by atoms with E-state index >= 15 is 4.39 Å². The van der Waals surface area contributed by atoms with Crippen molar-refractivity contribution in [3.8, 4) is 6.07 Å². The van der Waals surface area contributed by atoms with Gasteiger partial charge in [-0.3, -0.25) is 19.5 Å². The second kappa shape index (κ2) is 10.3. The minimum Gasteiger partial charge on any atom is -0.352 e. The van der Waals surface area contributed by atoms with E-state index in [0.717, 1.165) is 16.7 Å². The highest BCUT2D eigenvalue weighted by Gasteiger charge is 2.60. The number of carbonyl (C=O) groups is 2. The van der Waals surface area contributed by atoms with Gasteiger partial charge >= 0.3 is 6.18 Å². The number of hydrogen-bond donors (Lipinski definition) is 1. The lowest BCUT2D eigenvalue weighted by Crippen LogP contribution is -2.55. The highest BCUT2D eigenvalue weighted by molar-refractivity contribution is 7.81. The van der Waals surface area contributed by atoms with E-state index in [1.54, 1.807) is 24.5 Å². The Balaban J connectivity index is 1.46. The number of carbonyl (C=O) groups excluding carboxylic acids is 2. The van der Waals surface area contributed by atoms with E-state index in [1.165, 1.54) is 29.2 Å². The van der Waals surface area contributed by atoms with Gasteiger partial charge in [0.25, 0.3) is 11.8 Å². The molecule has 0 atom stereocenters. The van der Waals surface area contributed by atoms with Crippen LogP contribution in [-0.4, -0.2) is 39.0 Å². The molecule has 13 heteroatoms. The molecule has 0 radical (unpaired) electrons. The van der Waals surface area contributed by atoms with Gasteiger partial charge in [0.2, 0.25) is 0 Å². The van der Waals surface area contributed by atoms with E-state index < -0.39 is 40.6 Å². The SMILES string of the molecule is N#Cc1ncc(N2C(=O)C3(CCC3)N(c3cccc(C(=O)NCCc4ccncc4)c3F)C2=S)cc1C(F)(F)F. The molecule has 0 bridgehead atoms. The van der Waals surface area contributed by atoms with Crippen molar-refractivity contribution in [2.75, 3.05) is 16.3 Å². The first-order valence-corrected chi connectivity index (χ1v) is 12.6. The summed E-state index contributed by atoms with van der Waals surface area (Å²) < 4.78 is 56.7. The zero-order chi connectivity index (χ0) is 28.7. The summed E-state index contributed by atoms with van der Waals surface area (Å²) in [5, 5.41) is 11.5. The van der Waals surface area contributed by atoms with Gasteiger partial charge in [-0.2, -0.15) is 18.4 Å². The summed E-state index contributed by atoms with van der Waals surface area (Å²) in [6.45, 7) is 0.234. The average Bonchev–Trinajstić information content (AvgIpc) is 3.15. The molecule has 2 amide bonds. The van der Waals surface area contributed by atoms with E-state index in [-0.39, 0.29) is 41.4 Å². The second-order valence-electron chi connectivity index (χ2n) is 9.34. The van der Waals surface area contributed by atoms with E-state index in [9.17, 15) is 22.8 Å². The first-order valence-electron chi connectivity index (χ1n) is 12.2. The Labute approximate surface area is 231 Å². The van der Waals surface area contributed by atoms with E-state index in [0.29, 0.717) is 18.9 Å². The lowest BCUT2D eigenvalue weighted by molar-refractivity contribution is -0.138. The van der Waals surface area contributed by atoms with Gasteiger partial charge in [-0.05, 0) is 73.8 Å². The molecule has 1 aromatic carbocycles. The third-order valence-corrected chi connectivity index (χ3v) is 7.41. The van der Waals surface area contributed by atoms with Crippen LogP contribution in [0.4, 0.5) is 28.9 Å². The molecule has 1 saturated heterocycles. The molecule has 2 aliphatic rings. The maximum atomic E-state index is 15.9. The molecule has 204 valence electrons. The maximum absolute atomic E-state index is 15.9. The second-order valence-corrected chi connectivity index (χ2v) is 9.71. The van der Waals surface area contributed by atoms with Crippen molar-refractivity contribution in [3.05, 3.63) is 83.2 Å². The van der Waals surface area contributed by atoms with E-state index in [2.05, 4.69) is 15.3 Å². The molecule has 1 N–H and O–H groups in total. The Hall–Kier alpha value is -4.44. The van der Waals surface area contributed by atoms with Crippen molar-refractivity contribution in [3.63, 3.8) is 0 Å². The van der Waals surface area contributed by atoms with Gasteiger partial charge in [-0.1, -0.05) is 6.07 Å². The zero-order valence-corrected chi connectivity index (χ0v) is 21.5. The highest BCUT2D eigenvalue weighted by Crippen LogP contribution is 2.49. The predicted octanol–water partition coefficient (Wildman–Crippen LogP) is 4.54. The fourth-order valence-corrected chi connectivity index (χ4v) is 5.36. The Morgan fingerprint density at radius 1 is 1.20 bits per heavy atom. The Kier molecular flexibility index (Phi) is 6.97. The third kappa shape index (κ3) is 4.54. The van der Waals surface area contributed by atoms with Crippen molar-refractivity contribution in [2.45, 2.75) is 37.4 Å². The number of nitrogens with zero attached hydrogens (tertiary/aromatic N) is 5. The fraction of sp³-hybridized carbons (Fsp3) is 0.259. The zero-order valence-electron chi connectivity index (χ0n) is 20.7. The third-order valence-electron chi connectivity index (χ3n) is 7.05. The van der Waals surface area contributed by atoms with Crippen LogP contribution >= 0.6 is 12.2 Å².